The maximum Gasteiger partial charge on any atom is 0.303 e. The number of halogens is 4. The highest BCUT2D eigenvalue weighted by Crippen LogP contribution is 2.32. The standard InChI is InChI=1S/C24H21ClF3NO4S/c1-14(20-10-7-17(26)11-15(20)3-2-4-23(30)31)29-21-12-18(27)13-22(24(21)28)34(32,33)19-8-5-16(25)6-9-19/h5-14,29H,2-4H2,1H3,(H,30,31)/t14-/m1/s1. The number of anilines is 1. The van der Waals surface area contributed by atoms with Crippen molar-refractivity contribution in [2.24, 2.45) is 0 Å². The number of aryl methyl sites for hydroxylation is 1. The molecule has 34 heavy (non-hydrogen) atoms. The Labute approximate surface area is 200 Å². The number of hydrogen-bond donors (Lipinski definition) is 2. The van der Waals surface area contributed by atoms with Crippen LogP contribution < -0.4 is 5.32 Å². The van der Waals surface area contributed by atoms with Crippen molar-refractivity contribution in [3.63, 3.8) is 0 Å². The maximum atomic E-state index is 15.3. The highest BCUT2D eigenvalue weighted by atomic mass is 35.5. The summed E-state index contributed by atoms with van der Waals surface area (Å²) in [6.45, 7) is 1.62. The van der Waals surface area contributed by atoms with E-state index in [9.17, 15) is 22.0 Å². The average Bonchev–Trinajstić information content (AvgIpc) is 2.76. The third-order valence-corrected chi connectivity index (χ3v) is 7.22. The van der Waals surface area contributed by atoms with E-state index in [-0.39, 0.29) is 34.9 Å². The fourth-order valence-electron chi connectivity index (χ4n) is 3.56. The van der Waals surface area contributed by atoms with Gasteiger partial charge in [0.05, 0.1) is 10.6 Å². The molecule has 2 N–H and O–H groups in total. The Hall–Kier alpha value is -3.04. The molecule has 5 nitrogen and oxygen atoms in total. The molecule has 0 amide bonds. The minimum atomic E-state index is -4.38. The summed E-state index contributed by atoms with van der Waals surface area (Å²) in [6.07, 6.45) is 0.408. The Morgan fingerprint density at radius 2 is 1.71 bits per heavy atom. The first kappa shape index (κ1) is 25.6. The smallest absolute Gasteiger partial charge is 0.303 e. The van der Waals surface area contributed by atoms with Crippen molar-refractivity contribution < 1.29 is 31.5 Å². The van der Waals surface area contributed by atoms with Gasteiger partial charge in [-0.05, 0) is 73.4 Å². The molecule has 0 saturated heterocycles. The molecule has 0 aliphatic carbocycles. The molecular formula is C24H21ClF3NO4S. The number of nitrogens with one attached hydrogen (secondary N) is 1. The van der Waals surface area contributed by atoms with Crippen molar-refractivity contribution in [2.75, 3.05) is 5.32 Å². The van der Waals surface area contributed by atoms with Crippen LogP contribution in [0.25, 0.3) is 0 Å². The van der Waals surface area contributed by atoms with Crippen LogP contribution in [-0.2, 0) is 21.1 Å². The lowest BCUT2D eigenvalue weighted by atomic mass is 9.96. The van der Waals surface area contributed by atoms with Crippen LogP contribution in [-0.4, -0.2) is 19.5 Å². The van der Waals surface area contributed by atoms with Crippen molar-refractivity contribution in [3.8, 4) is 0 Å². The van der Waals surface area contributed by atoms with Crippen molar-refractivity contribution in [1.82, 2.24) is 0 Å². The predicted octanol–water partition coefficient (Wildman–Crippen LogP) is 6.17. The van der Waals surface area contributed by atoms with Gasteiger partial charge >= 0.3 is 5.97 Å². The van der Waals surface area contributed by atoms with Gasteiger partial charge in [0.25, 0.3) is 0 Å². The van der Waals surface area contributed by atoms with Gasteiger partial charge in [-0.3, -0.25) is 4.79 Å². The molecule has 0 unspecified atom stereocenters. The molecule has 0 aliphatic heterocycles. The lowest BCUT2D eigenvalue weighted by Gasteiger charge is -2.21. The molecule has 0 saturated carbocycles. The maximum absolute atomic E-state index is 15.3. The van der Waals surface area contributed by atoms with Crippen LogP contribution in [0.15, 0.2) is 64.4 Å². The van der Waals surface area contributed by atoms with Gasteiger partial charge in [-0.2, -0.15) is 0 Å². The third-order valence-electron chi connectivity index (χ3n) is 5.20. The molecule has 0 aliphatic rings. The van der Waals surface area contributed by atoms with Crippen LogP contribution in [0.1, 0.15) is 36.9 Å². The number of aliphatic carboxylic acids is 1. The summed E-state index contributed by atoms with van der Waals surface area (Å²) in [6, 6.07) is 9.72. The summed E-state index contributed by atoms with van der Waals surface area (Å²) in [7, 11) is -4.38. The fourth-order valence-corrected chi connectivity index (χ4v) is 5.05. The van der Waals surface area contributed by atoms with Crippen LogP contribution in [0.3, 0.4) is 0 Å². The Morgan fingerprint density at radius 1 is 1.03 bits per heavy atom. The number of benzene rings is 3. The second kappa shape index (κ2) is 10.5. The second-order valence-corrected chi connectivity index (χ2v) is 10.0. The van der Waals surface area contributed by atoms with E-state index < -0.39 is 44.2 Å². The molecule has 0 bridgehead atoms. The summed E-state index contributed by atoms with van der Waals surface area (Å²) in [4.78, 5) is 9.71. The van der Waals surface area contributed by atoms with E-state index in [1.54, 1.807) is 6.92 Å². The Kier molecular flexibility index (Phi) is 7.89. The molecule has 0 heterocycles. The van der Waals surface area contributed by atoms with Gasteiger partial charge in [0, 0.05) is 23.6 Å². The van der Waals surface area contributed by atoms with Crippen molar-refractivity contribution in [1.29, 1.82) is 0 Å². The fraction of sp³-hybridized carbons (Fsp3) is 0.208. The molecule has 3 rings (SSSR count). The van der Waals surface area contributed by atoms with Gasteiger partial charge in [0.1, 0.15) is 16.5 Å². The molecule has 10 heteroatoms. The van der Waals surface area contributed by atoms with E-state index in [0.29, 0.717) is 17.2 Å². The Bertz CT molecular complexity index is 1310. The van der Waals surface area contributed by atoms with Gasteiger partial charge in [-0.15, -0.1) is 0 Å². The number of hydrogen-bond acceptors (Lipinski definition) is 4. The summed E-state index contributed by atoms with van der Waals surface area (Å²) in [5.74, 6) is -3.64. The first-order valence-electron chi connectivity index (χ1n) is 10.3. The van der Waals surface area contributed by atoms with Gasteiger partial charge in [-0.25, -0.2) is 21.6 Å². The lowest BCUT2D eigenvalue weighted by Crippen LogP contribution is -2.13. The molecule has 0 fully saturated rings. The highest BCUT2D eigenvalue weighted by Gasteiger charge is 2.26. The zero-order chi connectivity index (χ0) is 25.0. The van der Waals surface area contributed by atoms with Crippen LogP contribution in [0.2, 0.25) is 5.02 Å². The van der Waals surface area contributed by atoms with E-state index in [4.69, 9.17) is 16.7 Å². The van der Waals surface area contributed by atoms with Gasteiger partial charge in [0.2, 0.25) is 9.84 Å². The molecular weight excluding hydrogens is 491 g/mol. The third kappa shape index (κ3) is 5.90. The van der Waals surface area contributed by atoms with Crippen LogP contribution in [0.4, 0.5) is 18.9 Å². The zero-order valence-electron chi connectivity index (χ0n) is 18.0. The first-order valence-corrected chi connectivity index (χ1v) is 12.1. The normalized spacial score (nSPS) is 12.4. The van der Waals surface area contributed by atoms with Gasteiger partial charge in [0.15, 0.2) is 5.82 Å². The van der Waals surface area contributed by atoms with Crippen molar-refractivity contribution >= 4 is 33.1 Å². The monoisotopic (exact) mass is 511 g/mol. The largest absolute Gasteiger partial charge is 0.481 e. The molecule has 3 aromatic rings. The quantitative estimate of drug-likeness (QED) is 0.359. The number of carbonyl (C=O) groups is 1. The molecule has 0 spiro atoms. The number of sulfone groups is 1. The van der Waals surface area contributed by atoms with E-state index >= 15 is 4.39 Å². The predicted molar refractivity (Wildman–Crippen MR) is 122 cm³/mol. The Morgan fingerprint density at radius 3 is 2.35 bits per heavy atom. The van der Waals surface area contributed by atoms with E-state index in [0.717, 1.165) is 6.07 Å². The van der Waals surface area contributed by atoms with Crippen LogP contribution in [0.5, 0.6) is 0 Å². The number of rotatable bonds is 9. The SMILES string of the molecule is C[C@@H](Nc1cc(F)cc(S(=O)(=O)c2ccc(Cl)cc2)c1F)c1ccc(F)cc1CCCC(=O)O. The molecule has 180 valence electrons. The first-order chi connectivity index (χ1) is 16.0. The average molecular weight is 512 g/mol. The highest BCUT2D eigenvalue weighted by molar-refractivity contribution is 7.91. The molecule has 3 aromatic carbocycles. The number of carboxylic acids is 1. The number of carboxylic acid groups (broad SMARTS) is 1. The summed E-state index contributed by atoms with van der Waals surface area (Å²) >= 11 is 5.78. The van der Waals surface area contributed by atoms with E-state index in [2.05, 4.69) is 5.32 Å². The summed E-state index contributed by atoms with van der Waals surface area (Å²) < 4.78 is 69.3. The van der Waals surface area contributed by atoms with Crippen molar-refractivity contribution in [2.45, 2.75) is 42.0 Å². The van der Waals surface area contributed by atoms with E-state index in [1.807, 2.05) is 0 Å². The minimum Gasteiger partial charge on any atom is -0.481 e. The second-order valence-electron chi connectivity index (χ2n) is 7.68. The van der Waals surface area contributed by atoms with Gasteiger partial charge in [-0.1, -0.05) is 17.7 Å². The minimum absolute atomic E-state index is 0.109. The zero-order valence-corrected chi connectivity index (χ0v) is 19.6. The van der Waals surface area contributed by atoms with Crippen molar-refractivity contribution in [3.05, 3.63) is 88.2 Å². The summed E-state index contributed by atoms with van der Waals surface area (Å²) in [5, 5.41) is 11.9. The van der Waals surface area contributed by atoms with Gasteiger partial charge < -0.3 is 10.4 Å². The topological polar surface area (TPSA) is 83.5 Å². The molecule has 0 aromatic heterocycles. The summed E-state index contributed by atoms with van der Waals surface area (Å²) in [5.41, 5.74) is 0.658. The van der Waals surface area contributed by atoms with E-state index in [1.165, 1.54) is 42.5 Å². The Balaban J connectivity index is 1.95. The molecule has 1 atom stereocenters. The van der Waals surface area contributed by atoms with Crippen LogP contribution >= 0.6 is 11.6 Å². The lowest BCUT2D eigenvalue weighted by molar-refractivity contribution is -0.137. The molecule has 0 radical (unpaired) electrons. The van der Waals surface area contributed by atoms with Crippen LogP contribution in [0, 0.1) is 17.5 Å².